The molecule has 0 unspecified atom stereocenters. The average Bonchev–Trinajstić information content (AvgIpc) is 2.69. The molecular weight excluding hydrogens is 370 g/mol. The van der Waals surface area contributed by atoms with Gasteiger partial charge in [0.25, 0.3) is 5.69 Å². The van der Waals surface area contributed by atoms with Gasteiger partial charge in [-0.2, -0.15) is 0 Å². The number of carbonyl (C=O) groups is 2. The lowest BCUT2D eigenvalue weighted by Gasteiger charge is -2.49. The molecule has 0 saturated heterocycles. The van der Waals surface area contributed by atoms with Crippen LogP contribution in [-0.2, 0) is 9.53 Å². The molecular formula is C23H25NO5. The number of non-ortho nitro benzene ring substituents is 1. The first-order valence-electron chi connectivity index (χ1n) is 10.1. The molecule has 0 aliphatic heterocycles. The van der Waals surface area contributed by atoms with Gasteiger partial charge in [-0.05, 0) is 66.2 Å². The standard InChI is InChI=1S/C23H25NO5/c1-23(2)11-3-4-18-17-10-9-16(12-19(17)21(25)13-20(18)23)29-22(26)14-5-7-15(8-6-14)24(27)28/h3-8,12,16-18,20H,9-11,13H2,1-2H3/t16-,17+,18-,20+/m1/s1. The van der Waals surface area contributed by atoms with E-state index in [1.165, 1.54) is 24.3 Å². The maximum absolute atomic E-state index is 12.9. The molecule has 0 heterocycles. The molecule has 3 aliphatic carbocycles. The largest absolute Gasteiger partial charge is 0.455 e. The molecule has 4 atom stereocenters. The number of ether oxygens (including phenoxy) is 1. The third-order valence-electron chi connectivity index (χ3n) is 6.76. The van der Waals surface area contributed by atoms with Crippen molar-refractivity contribution in [2.24, 2.45) is 23.2 Å². The molecule has 1 aromatic carbocycles. The summed E-state index contributed by atoms with van der Waals surface area (Å²) >= 11 is 0. The Hall–Kier alpha value is -2.76. The summed E-state index contributed by atoms with van der Waals surface area (Å²) in [4.78, 5) is 35.5. The van der Waals surface area contributed by atoms with Gasteiger partial charge < -0.3 is 4.74 Å². The van der Waals surface area contributed by atoms with Crippen LogP contribution in [0.3, 0.4) is 0 Å². The Labute approximate surface area is 169 Å². The van der Waals surface area contributed by atoms with E-state index in [9.17, 15) is 19.7 Å². The predicted molar refractivity (Wildman–Crippen MR) is 107 cm³/mol. The van der Waals surface area contributed by atoms with Crippen LogP contribution in [0.15, 0.2) is 48.1 Å². The van der Waals surface area contributed by atoms with Gasteiger partial charge >= 0.3 is 5.97 Å². The highest BCUT2D eigenvalue weighted by atomic mass is 16.6. The highest BCUT2D eigenvalue weighted by Crippen LogP contribution is 2.52. The summed E-state index contributed by atoms with van der Waals surface area (Å²) in [5.41, 5.74) is 1.12. The van der Waals surface area contributed by atoms with Gasteiger partial charge in [-0.25, -0.2) is 4.79 Å². The average molecular weight is 395 g/mol. The van der Waals surface area contributed by atoms with Crippen molar-refractivity contribution >= 4 is 17.4 Å². The fourth-order valence-corrected chi connectivity index (χ4v) is 5.10. The van der Waals surface area contributed by atoms with Crippen molar-refractivity contribution in [2.75, 3.05) is 0 Å². The molecule has 1 saturated carbocycles. The van der Waals surface area contributed by atoms with Gasteiger partial charge in [-0.15, -0.1) is 0 Å². The minimum Gasteiger partial charge on any atom is -0.455 e. The van der Waals surface area contributed by atoms with Crippen molar-refractivity contribution in [3.05, 3.63) is 63.7 Å². The van der Waals surface area contributed by atoms with Gasteiger partial charge in [0.2, 0.25) is 0 Å². The summed E-state index contributed by atoms with van der Waals surface area (Å²) in [6, 6.07) is 5.36. The van der Waals surface area contributed by atoms with Crippen molar-refractivity contribution in [1.29, 1.82) is 0 Å². The fraction of sp³-hybridized carbons (Fsp3) is 0.478. The number of fused-ring (bicyclic) bond motifs is 3. The Morgan fingerprint density at radius 3 is 2.62 bits per heavy atom. The van der Waals surface area contributed by atoms with Crippen LogP contribution in [0.5, 0.6) is 0 Å². The number of carbonyl (C=O) groups excluding carboxylic acids is 2. The number of hydrogen-bond acceptors (Lipinski definition) is 5. The van der Waals surface area contributed by atoms with E-state index in [4.69, 9.17) is 4.74 Å². The Kier molecular flexibility index (Phi) is 4.89. The van der Waals surface area contributed by atoms with Crippen LogP contribution in [0.4, 0.5) is 5.69 Å². The molecule has 3 aliphatic rings. The maximum Gasteiger partial charge on any atom is 0.338 e. The molecule has 1 aromatic rings. The summed E-state index contributed by atoms with van der Waals surface area (Å²) in [6.07, 6.45) is 8.97. The van der Waals surface area contributed by atoms with Gasteiger partial charge in [0, 0.05) is 18.6 Å². The molecule has 0 amide bonds. The number of nitro groups is 1. The minimum atomic E-state index is -0.528. The van der Waals surface area contributed by atoms with E-state index in [1.54, 1.807) is 0 Å². The second-order valence-corrected chi connectivity index (χ2v) is 8.99. The molecule has 1 fully saturated rings. The first-order chi connectivity index (χ1) is 13.8. The van der Waals surface area contributed by atoms with Gasteiger partial charge in [-0.3, -0.25) is 14.9 Å². The zero-order chi connectivity index (χ0) is 20.8. The number of Topliss-reactive ketones (excluding diaryl/α,β-unsaturated/α-hetero) is 1. The van der Waals surface area contributed by atoms with Crippen LogP contribution in [0.25, 0.3) is 0 Å². The molecule has 0 N–H and O–H groups in total. The van der Waals surface area contributed by atoms with E-state index < -0.39 is 17.0 Å². The predicted octanol–water partition coefficient (Wildman–Crippen LogP) is 4.65. The number of esters is 1. The second kappa shape index (κ2) is 7.25. The third-order valence-corrected chi connectivity index (χ3v) is 6.76. The van der Waals surface area contributed by atoms with Crippen molar-refractivity contribution < 1.29 is 19.2 Å². The van der Waals surface area contributed by atoms with E-state index in [0.29, 0.717) is 24.7 Å². The van der Waals surface area contributed by atoms with E-state index >= 15 is 0 Å². The summed E-state index contributed by atoms with van der Waals surface area (Å²) in [6.45, 7) is 4.49. The SMILES string of the molecule is CC1(C)CC=C[C@@H]2[C@@H]3CC[C@@H](OC(=O)c4ccc([N+](=O)[O-])cc4)C=C3C(=O)C[C@@H]21. The van der Waals surface area contributed by atoms with Crippen molar-refractivity contribution in [2.45, 2.75) is 45.6 Å². The van der Waals surface area contributed by atoms with Gasteiger partial charge in [-0.1, -0.05) is 26.0 Å². The number of allylic oxidation sites excluding steroid dienone is 3. The van der Waals surface area contributed by atoms with E-state index in [-0.39, 0.29) is 28.4 Å². The van der Waals surface area contributed by atoms with Crippen LogP contribution >= 0.6 is 0 Å². The zero-order valence-electron chi connectivity index (χ0n) is 16.7. The van der Waals surface area contributed by atoms with Crippen LogP contribution < -0.4 is 0 Å². The number of rotatable bonds is 3. The molecule has 4 rings (SSSR count). The molecule has 6 heteroatoms. The quantitative estimate of drug-likeness (QED) is 0.322. The summed E-state index contributed by atoms with van der Waals surface area (Å²) in [7, 11) is 0. The van der Waals surface area contributed by atoms with E-state index in [2.05, 4.69) is 26.0 Å². The zero-order valence-corrected chi connectivity index (χ0v) is 16.7. The molecule has 0 aromatic heterocycles. The van der Waals surface area contributed by atoms with E-state index in [0.717, 1.165) is 18.4 Å². The van der Waals surface area contributed by atoms with Crippen LogP contribution in [0.2, 0.25) is 0 Å². The Morgan fingerprint density at radius 1 is 1.21 bits per heavy atom. The summed E-state index contributed by atoms with van der Waals surface area (Å²) in [5.74, 6) is 0.581. The maximum atomic E-state index is 12.9. The Morgan fingerprint density at radius 2 is 1.93 bits per heavy atom. The Balaban J connectivity index is 1.50. The fourth-order valence-electron chi connectivity index (χ4n) is 5.10. The second-order valence-electron chi connectivity index (χ2n) is 8.99. The molecule has 0 bridgehead atoms. The van der Waals surface area contributed by atoms with Crippen molar-refractivity contribution in [3.63, 3.8) is 0 Å². The lowest BCUT2D eigenvalue weighted by atomic mass is 9.55. The molecule has 29 heavy (non-hydrogen) atoms. The van der Waals surface area contributed by atoms with Crippen LogP contribution in [-0.4, -0.2) is 22.8 Å². The summed E-state index contributed by atoms with van der Waals surface area (Å²) < 4.78 is 5.60. The number of benzene rings is 1. The highest BCUT2D eigenvalue weighted by molar-refractivity contribution is 5.97. The molecule has 0 radical (unpaired) electrons. The normalized spacial score (nSPS) is 30.0. The van der Waals surface area contributed by atoms with Gasteiger partial charge in [0.15, 0.2) is 5.78 Å². The highest BCUT2D eigenvalue weighted by Gasteiger charge is 2.48. The van der Waals surface area contributed by atoms with E-state index in [1.807, 2.05) is 6.08 Å². The van der Waals surface area contributed by atoms with Crippen molar-refractivity contribution in [3.8, 4) is 0 Å². The molecule has 6 nitrogen and oxygen atoms in total. The lowest BCUT2D eigenvalue weighted by Crippen LogP contribution is -2.44. The summed E-state index contributed by atoms with van der Waals surface area (Å²) in [5, 5.41) is 10.7. The first-order valence-corrected chi connectivity index (χ1v) is 10.1. The minimum absolute atomic E-state index is 0.0741. The molecule has 152 valence electrons. The molecule has 0 spiro atoms. The first kappa shape index (κ1) is 19.6. The smallest absolute Gasteiger partial charge is 0.338 e. The number of hydrogen-bond donors (Lipinski definition) is 0. The Bertz CT molecular complexity index is 912. The van der Waals surface area contributed by atoms with Gasteiger partial charge in [0.1, 0.15) is 6.10 Å². The van der Waals surface area contributed by atoms with Crippen LogP contribution in [0, 0.1) is 33.3 Å². The number of ketones is 1. The van der Waals surface area contributed by atoms with Gasteiger partial charge in [0.05, 0.1) is 10.5 Å². The topological polar surface area (TPSA) is 86.5 Å². The van der Waals surface area contributed by atoms with Crippen molar-refractivity contribution in [1.82, 2.24) is 0 Å². The third kappa shape index (κ3) is 3.63. The number of nitrogens with zero attached hydrogens (tertiary/aromatic N) is 1. The monoisotopic (exact) mass is 395 g/mol. The lowest BCUT2D eigenvalue weighted by molar-refractivity contribution is -0.384. The number of nitro benzene ring substituents is 1. The van der Waals surface area contributed by atoms with Crippen LogP contribution in [0.1, 0.15) is 49.9 Å².